The minimum atomic E-state index is -0.555. The van der Waals surface area contributed by atoms with E-state index in [9.17, 15) is 14.4 Å². The van der Waals surface area contributed by atoms with Gasteiger partial charge in [0.2, 0.25) is 5.91 Å². The molecule has 0 N–H and O–H groups in total. The first kappa shape index (κ1) is 18.2. The smallest absolute Gasteiger partial charge is 0.316 e. The van der Waals surface area contributed by atoms with E-state index in [0.29, 0.717) is 42.7 Å². The zero-order valence-corrected chi connectivity index (χ0v) is 15.0. The fraction of sp³-hybridized carbons (Fsp3) is 0.438. The fourth-order valence-corrected chi connectivity index (χ4v) is 3.37. The van der Waals surface area contributed by atoms with Crippen LogP contribution in [0, 0.1) is 0 Å². The van der Waals surface area contributed by atoms with Crippen molar-refractivity contribution in [2.75, 3.05) is 18.9 Å². The monoisotopic (exact) mass is 378 g/mol. The molecule has 138 valence electrons. The van der Waals surface area contributed by atoms with Crippen molar-refractivity contribution in [1.82, 2.24) is 19.7 Å². The van der Waals surface area contributed by atoms with E-state index in [1.165, 1.54) is 0 Å². The van der Waals surface area contributed by atoms with E-state index in [2.05, 4.69) is 10.2 Å². The number of carbonyl (C=O) groups excluding carboxylic acids is 3. The third-order valence-electron chi connectivity index (χ3n) is 3.82. The highest BCUT2D eigenvalue weighted by atomic mass is 32.2. The third-order valence-corrected chi connectivity index (χ3v) is 4.77. The quantitative estimate of drug-likeness (QED) is 0.525. The van der Waals surface area contributed by atoms with Gasteiger partial charge in [0.15, 0.2) is 23.3 Å². The first-order valence-corrected chi connectivity index (χ1v) is 9.17. The summed E-state index contributed by atoms with van der Waals surface area (Å²) in [6.07, 6.45) is 2.57. The van der Waals surface area contributed by atoms with Crippen molar-refractivity contribution in [2.45, 2.75) is 31.5 Å². The summed E-state index contributed by atoms with van der Waals surface area (Å²) in [6.45, 7) is 2.50. The number of imide groups is 1. The zero-order valence-electron chi connectivity index (χ0n) is 14.2. The molecule has 1 fully saturated rings. The van der Waals surface area contributed by atoms with Crippen molar-refractivity contribution in [3.05, 3.63) is 18.4 Å². The Hall–Kier alpha value is -2.62. The summed E-state index contributed by atoms with van der Waals surface area (Å²) in [5, 5.41) is 8.71. The van der Waals surface area contributed by atoms with Gasteiger partial charge in [-0.25, -0.2) is 0 Å². The average molecular weight is 378 g/mol. The molecule has 9 nitrogen and oxygen atoms in total. The molecule has 1 aliphatic rings. The van der Waals surface area contributed by atoms with E-state index in [4.69, 9.17) is 9.15 Å². The summed E-state index contributed by atoms with van der Waals surface area (Å²) in [7, 11) is 0. The van der Waals surface area contributed by atoms with E-state index in [1.807, 2.05) is 11.5 Å². The van der Waals surface area contributed by atoms with Crippen molar-refractivity contribution in [1.29, 1.82) is 0 Å². The lowest BCUT2D eigenvalue weighted by Gasteiger charge is -2.13. The first-order valence-electron chi connectivity index (χ1n) is 8.19. The molecule has 0 bridgehead atoms. The predicted octanol–water partition coefficient (Wildman–Crippen LogP) is 1.34. The Morgan fingerprint density at radius 3 is 2.88 bits per heavy atom. The number of ether oxygens (including phenoxy) is 1. The van der Waals surface area contributed by atoms with Gasteiger partial charge in [-0.1, -0.05) is 11.8 Å². The van der Waals surface area contributed by atoms with Gasteiger partial charge in [0.1, 0.15) is 0 Å². The highest BCUT2D eigenvalue weighted by Gasteiger charge is 2.27. The SMILES string of the molecule is CCn1c(SCC(=O)OCC(=O)N2CCCC2=O)nnc1-c1ccco1. The molecule has 2 amide bonds. The number of thioether (sulfide) groups is 1. The van der Waals surface area contributed by atoms with Crippen LogP contribution in [0.1, 0.15) is 19.8 Å². The predicted molar refractivity (Wildman–Crippen MR) is 91.0 cm³/mol. The van der Waals surface area contributed by atoms with Crippen molar-refractivity contribution in [3.63, 3.8) is 0 Å². The maximum absolute atomic E-state index is 11.9. The Morgan fingerprint density at radius 2 is 2.23 bits per heavy atom. The van der Waals surface area contributed by atoms with Crippen molar-refractivity contribution < 1.29 is 23.5 Å². The number of nitrogens with zero attached hydrogens (tertiary/aromatic N) is 4. The molecule has 1 saturated heterocycles. The number of likely N-dealkylation sites (tertiary alicyclic amines) is 1. The standard InChI is InChI=1S/C16H18N4O5S/c1-2-19-15(11-5-4-8-24-11)17-18-16(19)26-10-14(23)25-9-13(22)20-7-3-6-12(20)21/h4-5,8H,2-3,6-7,9-10H2,1H3. The number of carbonyl (C=O) groups is 3. The van der Waals surface area contributed by atoms with E-state index in [1.54, 1.807) is 18.4 Å². The molecule has 10 heteroatoms. The highest BCUT2D eigenvalue weighted by Crippen LogP contribution is 2.24. The second kappa shape index (κ2) is 8.17. The first-order chi connectivity index (χ1) is 12.6. The molecule has 2 aromatic heterocycles. The van der Waals surface area contributed by atoms with Gasteiger partial charge in [0, 0.05) is 19.5 Å². The van der Waals surface area contributed by atoms with Crippen LogP contribution in [0.3, 0.4) is 0 Å². The largest absolute Gasteiger partial charge is 0.461 e. The van der Waals surface area contributed by atoms with Crippen LogP contribution in [0.5, 0.6) is 0 Å². The molecule has 0 atom stereocenters. The summed E-state index contributed by atoms with van der Waals surface area (Å²) in [4.78, 5) is 36.3. The number of rotatable bonds is 7. The molecule has 2 aromatic rings. The fourth-order valence-electron chi connectivity index (χ4n) is 2.57. The minimum Gasteiger partial charge on any atom is -0.461 e. The number of hydrogen-bond donors (Lipinski definition) is 0. The number of esters is 1. The summed E-state index contributed by atoms with van der Waals surface area (Å²) < 4.78 is 12.1. The lowest BCUT2D eigenvalue weighted by Crippen LogP contribution is -2.35. The Labute approximate surface area is 153 Å². The van der Waals surface area contributed by atoms with Crippen LogP contribution in [-0.2, 0) is 25.7 Å². The normalized spacial score (nSPS) is 14.0. The lowest BCUT2D eigenvalue weighted by atomic mass is 10.4. The molecule has 0 aromatic carbocycles. The molecular formula is C16H18N4O5S. The van der Waals surface area contributed by atoms with Gasteiger partial charge in [-0.3, -0.25) is 23.9 Å². The van der Waals surface area contributed by atoms with E-state index in [-0.39, 0.29) is 11.7 Å². The third kappa shape index (κ3) is 3.96. The highest BCUT2D eigenvalue weighted by molar-refractivity contribution is 7.99. The van der Waals surface area contributed by atoms with Gasteiger partial charge in [-0.15, -0.1) is 10.2 Å². The molecule has 26 heavy (non-hydrogen) atoms. The van der Waals surface area contributed by atoms with Gasteiger partial charge < -0.3 is 9.15 Å². The van der Waals surface area contributed by atoms with Crippen LogP contribution in [-0.4, -0.2) is 56.4 Å². The molecule has 3 rings (SSSR count). The Bertz CT molecular complexity index is 802. The molecular weight excluding hydrogens is 360 g/mol. The van der Waals surface area contributed by atoms with Gasteiger partial charge in [0.05, 0.1) is 12.0 Å². The van der Waals surface area contributed by atoms with Gasteiger partial charge >= 0.3 is 5.97 Å². The van der Waals surface area contributed by atoms with Crippen LogP contribution in [0.15, 0.2) is 28.0 Å². The minimum absolute atomic E-state index is 0.0164. The van der Waals surface area contributed by atoms with Gasteiger partial charge in [-0.05, 0) is 25.5 Å². The molecule has 0 aliphatic carbocycles. The molecule has 0 saturated carbocycles. The van der Waals surface area contributed by atoms with Crippen molar-refractivity contribution in [3.8, 4) is 11.6 Å². The van der Waals surface area contributed by atoms with Gasteiger partial charge in [0.25, 0.3) is 5.91 Å². The van der Waals surface area contributed by atoms with Crippen LogP contribution in [0.25, 0.3) is 11.6 Å². The van der Waals surface area contributed by atoms with Crippen LogP contribution < -0.4 is 0 Å². The Kier molecular flexibility index (Phi) is 5.71. The molecule has 1 aliphatic heterocycles. The van der Waals surface area contributed by atoms with Crippen molar-refractivity contribution in [2.24, 2.45) is 0 Å². The maximum Gasteiger partial charge on any atom is 0.316 e. The lowest BCUT2D eigenvalue weighted by molar-refractivity contribution is -0.153. The van der Waals surface area contributed by atoms with E-state index < -0.39 is 18.5 Å². The van der Waals surface area contributed by atoms with E-state index in [0.717, 1.165) is 16.7 Å². The summed E-state index contributed by atoms with van der Waals surface area (Å²) >= 11 is 1.16. The number of hydrogen-bond acceptors (Lipinski definition) is 8. The molecule has 0 unspecified atom stereocenters. The molecule has 3 heterocycles. The summed E-state index contributed by atoms with van der Waals surface area (Å²) in [5.74, 6) is -0.104. The Balaban J connectivity index is 1.52. The number of furan rings is 1. The topological polar surface area (TPSA) is 108 Å². The van der Waals surface area contributed by atoms with E-state index >= 15 is 0 Å². The summed E-state index contributed by atoms with van der Waals surface area (Å²) in [5.41, 5.74) is 0. The average Bonchev–Trinajstić information content (AvgIpc) is 3.37. The molecule has 0 radical (unpaired) electrons. The zero-order chi connectivity index (χ0) is 18.5. The Morgan fingerprint density at radius 1 is 1.38 bits per heavy atom. The second-order valence-corrected chi connectivity index (χ2v) is 6.46. The van der Waals surface area contributed by atoms with Crippen molar-refractivity contribution >= 4 is 29.5 Å². The van der Waals surface area contributed by atoms with Crippen LogP contribution in [0.4, 0.5) is 0 Å². The molecule has 0 spiro atoms. The van der Waals surface area contributed by atoms with Gasteiger partial charge in [-0.2, -0.15) is 0 Å². The maximum atomic E-state index is 11.9. The number of aromatic nitrogens is 3. The summed E-state index contributed by atoms with van der Waals surface area (Å²) in [6, 6.07) is 3.54. The second-order valence-electron chi connectivity index (χ2n) is 5.52. The van der Waals surface area contributed by atoms with Crippen LogP contribution >= 0.6 is 11.8 Å². The number of amides is 2. The van der Waals surface area contributed by atoms with Crippen LogP contribution in [0.2, 0.25) is 0 Å².